The van der Waals surface area contributed by atoms with Gasteiger partial charge in [0.25, 0.3) is 5.91 Å². The molecule has 0 unspecified atom stereocenters. The predicted octanol–water partition coefficient (Wildman–Crippen LogP) is 4.38. The van der Waals surface area contributed by atoms with Crippen LogP contribution in [0.3, 0.4) is 0 Å². The molecule has 1 aromatic heterocycles. The zero-order valence-corrected chi connectivity index (χ0v) is 15.7. The Bertz CT molecular complexity index is 916. The molecule has 1 heterocycles. The van der Waals surface area contributed by atoms with Gasteiger partial charge in [0.15, 0.2) is 16.6 Å². The molecule has 0 N–H and O–H groups in total. The van der Waals surface area contributed by atoms with Crippen LogP contribution in [0, 0.1) is 0 Å². The molecule has 0 aliphatic carbocycles. The minimum absolute atomic E-state index is 0.142. The molecule has 5 nitrogen and oxygen atoms in total. The zero-order chi connectivity index (χ0) is 18.5. The van der Waals surface area contributed by atoms with Crippen molar-refractivity contribution in [1.82, 2.24) is 4.98 Å². The Hall–Kier alpha value is -2.86. The number of hydrogen-bond donors (Lipinski definition) is 0. The van der Waals surface area contributed by atoms with Crippen LogP contribution in [0.4, 0.5) is 5.13 Å². The lowest BCUT2D eigenvalue weighted by atomic mass is 10.2. The number of anilines is 1. The van der Waals surface area contributed by atoms with Crippen LogP contribution < -0.4 is 14.4 Å². The summed E-state index contributed by atoms with van der Waals surface area (Å²) in [7, 11) is 3.32. The van der Waals surface area contributed by atoms with Crippen LogP contribution >= 0.6 is 11.3 Å². The van der Waals surface area contributed by atoms with Gasteiger partial charge in [-0.25, -0.2) is 4.98 Å². The molecule has 0 aliphatic heterocycles. The quantitative estimate of drug-likeness (QED) is 0.606. The lowest BCUT2D eigenvalue weighted by molar-refractivity contribution is -0.113. The summed E-state index contributed by atoms with van der Waals surface area (Å²) < 4.78 is 11.9. The fraction of sp³-hybridized carbons (Fsp3) is 0.200. The van der Waals surface area contributed by atoms with Gasteiger partial charge in [-0.2, -0.15) is 0 Å². The topological polar surface area (TPSA) is 51.7 Å². The molecule has 2 aromatic carbocycles. The number of carbonyl (C=O) groups excluding carboxylic acids is 1. The van der Waals surface area contributed by atoms with Crippen molar-refractivity contribution in [3.05, 3.63) is 54.1 Å². The first-order chi connectivity index (χ1) is 12.6. The molecule has 3 aromatic rings. The van der Waals surface area contributed by atoms with E-state index in [0.717, 1.165) is 15.8 Å². The number of rotatable bonds is 6. The van der Waals surface area contributed by atoms with Gasteiger partial charge in [-0.15, -0.1) is 0 Å². The average molecular weight is 368 g/mol. The summed E-state index contributed by atoms with van der Waals surface area (Å²) >= 11 is 1.49. The van der Waals surface area contributed by atoms with Crippen LogP contribution in [0.5, 0.6) is 11.5 Å². The number of para-hydroxylation sites is 1. The first kappa shape index (κ1) is 17.9. The van der Waals surface area contributed by atoms with Crippen molar-refractivity contribution < 1.29 is 14.3 Å². The lowest BCUT2D eigenvalue weighted by Gasteiger charge is -2.11. The van der Waals surface area contributed by atoms with Crippen LogP contribution in [0.2, 0.25) is 0 Å². The molecule has 0 fully saturated rings. The number of likely N-dealkylation sites (N-methyl/N-ethyl adjacent to an activating group) is 1. The number of hydrogen-bond acceptors (Lipinski definition) is 5. The Labute approximate surface area is 156 Å². The van der Waals surface area contributed by atoms with E-state index in [4.69, 9.17) is 9.47 Å². The highest BCUT2D eigenvalue weighted by molar-refractivity contribution is 7.22. The Balaban J connectivity index is 1.76. The van der Waals surface area contributed by atoms with Gasteiger partial charge in [-0.3, -0.25) is 9.69 Å². The van der Waals surface area contributed by atoms with Crippen LogP contribution in [-0.4, -0.2) is 31.7 Å². The molecular weight excluding hydrogens is 348 g/mol. The lowest BCUT2D eigenvalue weighted by Crippen LogP contribution is -2.23. The summed E-state index contributed by atoms with van der Waals surface area (Å²) in [5.41, 5.74) is 1.75. The number of nitrogens with zero attached hydrogens (tertiary/aromatic N) is 2. The van der Waals surface area contributed by atoms with Crippen LogP contribution in [0.15, 0.2) is 48.5 Å². The largest absolute Gasteiger partial charge is 0.493 e. The summed E-state index contributed by atoms with van der Waals surface area (Å²) in [5, 5.41) is 0.671. The molecule has 0 aliphatic rings. The average Bonchev–Trinajstić information content (AvgIpc) is 3.10. The van der Waals surface area contributed by atoms with Crippen molar-refractivity contribution in [3.63, 3.8) is 0 Å². The monoisotopic (exact) mass is 368 g/mol. The van der Waals surface area contributed by atoms with Gasteiger partial charge < -0.3 is 9.47 Å². The van der Waals surface area contributed by atoms with E-state index in [1.54, 1.807) is 25.1 Å². The molecule has 0 saturated carbocycles. The van der Waals surface area contributed by atoms with Gasteiger partial charge in [0.2, 0.25) is 0 Å². The van der Waals surface area contributed by atoms with Crippen molar-refractivity contribution in [1.29, 1.82) is 0 Å². The third-order valence-corrected chi connectivity index (χ3v) is 4.92. The second-order valence-corrected chi connectivity index (χ2v) is 6.55. The van der Waals surface area contributed by atoms with Crippen molar-refractivity contribution in [2.45, 2.75) is 6.92 Å². The second-order valence-electron chi connectivity index (χ2n) is 5.54. The molecule has 0 saturated heterocycles. The van der Waals surface area contributed by atoms with Crippen molar-refractivity contribution in [2.75, 3.05) is 25.7 Å². The first-order valence-corrected chi connectivity index (χ1v) is 9.06. The SMILES string of the molecule is CCOc1ccc(C=CC(=O)N(C)c2nc3ccccc3s2)cc1OC. The molecule has 6 heteroatoms. The number of thiazole rings is 1. The summed E-state index contributed by atoms with van der Waals surface area (Å²) in [6, 6.07) is 13.4. The van der Waals surface area contributed by atoms with Gasteiger partial charge in [0.05, 0.1) is 23.9 Å². The number of methoxy groups -OCH3 is 1. The Morgan fingerprint density at radius 1 is 1.23 bits per heavy atom. The minimum Gasteiger partial charge on any atom is -0.493 e. The molecule has 134 valence electrons. The van der Waals surface area contributed by atoms with E-state index >= 15 is 0 Å². The minimum atomic E-state index is -0.142. The van der Waals surface area contributed by atoms with Crippen molar-refractivity contribution in [2.24, 2.45) is 0 Å². The first-order valence-electron chi connectivity index (χ1n) is 8.24. The maximum Gasteiger partial charge on any atom is 0.252 e. The Kier molecular flexibility index (Phi) is 5.53. The highest BCUT2D eigenvalue weighted by Gasteiger charge is 2.13. The molecule has 0 spiro atoms. The number of aromatic nitrogens is 1. The van der Waals surface area contributed by atoms with E-state index < -0.39 is 0 Å². The summed E-state index contributed by atoms with van der Waals surface area (Å²) in [6.07, 6.45) is 3.28. The Morgan fingerprint density at radius 2 is 2.04 bits per heavy atom. The summed E-state index contributed by atoms with van der Waals surface area (Å²) in [4.78, 5) is 18.5. The molecular formula is C20H20N2O3S. The number of amides is 1. The van der Waals surface area contributed by atoms with Crippen LogP contribution in [-0.2, 0) is 4.79 Å². The number of fused-ring (bicyclic) bond motifs is 1. The van der Waals surface area contributed by atoms with E-state index in [9.17, 15) is 4.79 Å². The Morgan fingerprint density at radius 3 is 2.77 bits per heavy atom. The van der Waals surface area contributed by atoms with E-state index in [0.29, 0.717) is 23.2 Å². The van der Waals surface area contributed by atoms with E-state index in [-0.39, 0.29) is 5.91 Å². The number of benzene rings is 2. The molecule has 3 rings (SSSR count). The van der Waals surface area contributed by atoms with Gasteiger partial charge in [-0.05, 0) is 42.8 Å². The van der Waals surface area contributed by atoms with Crippen LogP contribution in [0.1, 0.15) is 12.5 Å². The maximum absolute atomic E-state index is 12.5. The second kappa shape index (κ2) is 8.01. The highest BCUT2D eigenvalue weighted by atomic mass is 32.1. The molecule has 0 radical (unpaired) electrons. The number of carbonyl (C=O) groups is 1. The zero-order valence-electron chi connectivity index (χ0n) is 14.9. The van der Waals surface area contributed by atoms with E-state index in [1.807, 2.05) is 49.4 Å². The highest BCUT2D eigenvalue weighted by Crippen LogP contribution is 2.29. The van der Waals surface area contributed by atoms with Gasteiger partial charge in [-0.1, -0.05) is 29.5 Å². The maximum atomic E-state index is 12.5. The summed E-state index contributed by atoms with van der Waals surface area (Å²) in [6.45, 7) is 2.49. The predicted molar refractivity (Wildman–Crippen MR) is 106 cm³/mol. The molecule has 0 bridgehead atoms. The van der Waals surface area contributed by atoms with Crippen LogP contribution in [0.25, 0.3) is 16.3 Å². The van der Waals surface area contributed by atoms with E-state index in [2.05, 4.69) is 4.98 Å². The standard InChI is InChI=1S/C20H20N2O3S/c1-4-25-16-11-9-14(13-17(16)24-3)10-12-19(23)22(2)20-21-15-7-5-6-8-18(15)26-20/h5-13H,4H2,1-3H3. The van der Waals surface area contributed by atoms with Gasteiger partial charge >= 0.3 is 0 Å². The third kappa shape index (κ3) is 3.86. The molecule has 0 atom stereocenters. The smallest absolute Gasteiger partial charge is 0.252 e. The third-order valence-electron chi connectivity index (χ3n) is 3.81. The van der Waals surface area contributed by atoms with E-state index in [1.165, 1.54) is 17.4 Å². The van der Waals surface area contributed by atoms with Crippen molar-refractivity contribution >= 4 is 38.7 Å². The fourth-order valence-electron chi connectivity index (χ4n) is 2.44. The number of ether oxygens (including phenoxy) is 2. The van der Waals surface area contributed by atoms with Crippen molar-refractivity contribution in [3.8, 4) is 11.5 Å². The molecule has 1 amide bonds. The normalized spacial score (nSPS) is 11.0. The summed E-state index contributed by atoms with van der Waals surface area (Å²) in [5.74, 6) is 1.18. The fourth-order valence-corrected chi connectivity index (χ4v) is 3.37. The molecule has 26 heavy (non-hydrogen) atoms. The van der Waals surface area contributed by atoms with Gasteiger partial charge in [0, 0.05) is 13.1 Å². The van der Waals surface area contributed by atoms with Gasteiger partial charge in [0.1, 0.15) is 0 Å².